The Bertz CT molecular complexity index is 963. The lowest BCUT2D eigenvalue weighted by molar-refractivity contribution is 0.0888. The summed E-state index contributed by atoms with van der Waals surface area (Å²) in [6, 6.07) is 7.22. The van der Waals surface area contributed by atoms with Crippen molar-refractivity contribution in [3.05, 3.63) is 77.4 Å². The zero-order valence-electron chi connectivity index (χ0n) is 19.3. The summed E-state index contributed by atoms with van der Waals surface area (Å²) in [5, 5.41) is 12.3. The normalized spacial score (nSPS) is 16.5. The Labute approximate surface area is 206 Å². The molecule has 1 heterocycles. The molecule has 33 heavy (non-hydrogen) atoms. The van der Waals surface area contributed by atoms with Gasteiger partial charge in [0.25, 0.3) is 5.91 Å². The number of aromatic nitrogens is 2. The van der Waals surface area contributed by atoms with Crippen LogP contribution in [0.5, 0.6) is 5.75 Å². The van der Waals surface area contributed by atoms with Crippen LogP contribution in [0.3, 0.4) is 0 Å². The molecule has 0 saturated heterocycles. The molecule has 0 unspecified atom stereocenters. The van der Waals surface area contributed by atoms with Crippen LogP contribution in [0.1, 0.15) is 54.4 Å². The lowest BCUT2D eigenvalue weighted by atomic mass is 9.93. The second-order valence-electron chi connectivity index (χ2n) is 7.41. The minimum atomic E-state index is -0.194. The zero-order chi connectivity index (χ0) is 24.8. The molecule has 1 aliphatic carbocycles. The highest BCUT2D eigenvalue weighted by Gasteiger charge is 2.24. The summed E-state index contributed by atoms with van der Waals surface area (Å²) in [4.78, 5) is 20.4. The number of rotatable bonds is 5. The number of alkyl halides is 1. The van der Waals surface area contributed by atoms with E-state index in [1.165, 1.54) is 12.6 Å². The fourth-order valence-electron chi connectivity index (χ4n) is 2.95. The van der Waals surface area contributed by atoms with Gasteiger partial charge in [0, 0.05) is 24.7 Å². The molecule has 3 rings (SSSR count). The quantitative estimate of drug-likeness (QED) is 0.409. The van der Waals surface area contributed by atoms with Gasteiger partial charge in [-0.15, -0.1) is 11.6 Å². The highest BCUT2D eigenvalue weighted by atomic mass is 35.5. The molecule has 176 valence electrons. The van der Waals surface area contributed by atoms with Crippen molar-refractivity contribution in [1.29, 1.82) is 5.26 Å². The highest BCUT2D eigenvalue weighted by Crippen LogP contribution is 2.27. The molecule has 1 aliphatic rings. The molecule has 8 heteroatoms. The van der Waals surface area contributed by atoms with E-state index in [1.807, 2.05) is 19.9 Å². The number of hydrogen-bond acceptors (Lipinski definition) is 5. The van der Waals surface area contributed by atoms with Gasteiger partial charge in [-0.2, -0.15) is 5.26 Å². The van der Waals surface area contributed by atoms with Gasteiger partial charge in [-0.25, -0.2) is 4.98 Å². The van der Waals surface area contributed by atoms with E-state index in [-0.39, 0.29) is 18.1 Å². The second kappa shape index (κ2) is 15.0. The Kier molecular flexibility index (Phi) is 12.8. The Hall–Kier alpha value is -2.88. The molecule has 0 radical (unpaired) electrons. The molecule has 0 aliphatic heterocycles. The Morgan fingerprint density at radius 3 is 2.36 bits per heavy atom. The smallest absolute Gasteiger partial charge is 0.271 e. The van der Waals surface area contributed by atoms with Crippen molar-refractivity contribution in [1.82, 2.24) is 15.3 Å². The van der Waals surface area contributed by atoms with Gasteiger partial charge < -0.3 is 10.1 Å². The van der Waals surface area contributed by atoms with Crippen molar-refractivity contribution < 1.29 is 9.53 Å². The number of carbonyl (C=O) groups excluding carboxylic acids is 1. The third-order valence-corrected chi connectivity index (χ3v) is 5.05. The van der Waals surface area contributed by atoms with Crippen molar-refractivity contribution in [2.45, 2.75) is 51.7 Å². The molecule has 0 bridgehead atoms. The van der Waals surface area contributed by atoms with Crippen LogP contribution in [-0.2, 0) is 0 Å². The first-order valence-electron chi connectivity index (χ1n) is 10.4. The van der Waals surface area contributed by atoms with Gasteiger partial charge in [-0.1, -0.05) is 36.4 Å². The van der Waals surface area contributed by atoms with Gasteiger partial charge in [-0.05, 0) is 51.7 Å². The van der Waals surface area contributed by atoms with Gasteiger partial charge in [0.1, 0.15) is 17.5 Å². The van der Waals surface area contributed by atoms with Crippen molar-refractivity contribution in [2.75, 3.05) is 6.38 Å². The summed E-state index contributed by atoms with van der Waals surface area (Å²) in [5.74, 6) is 0.470. The van der Waals surface area contributed by atoms with Crippen LogP contribution >= 0.6 is 23.2 Å². The topological polar surface area (TPSA) is 87.9 Å². The molecule has 1 aromatic heterocycles. The third kappa shape index (κ3) is 10.1. The number of hydrogen-bond donors (Lipinski definition) is 1. The highest BCUT2D eigenvalue weighted by molar-refractivity contribution is 6.31. The summed E-state index contributed by atoms with van der Waals surface area (Å²) in [7, 11) is 0. The van der Waals surface area contributed by atoms with E-state index < -0.39 is 0 Å². The van der Waals surface area contributed by atoms with Crippen LogP contribution in [0.4, 0.5) is 0 Å². The van der Waals surface area contributed by atoms with Crippen LogP contribution < -0.4 is 10.1 Å². The van der Waals surface area contributed by atoms with E-state index in [9.17, 15) is 4.79 Å². The van der Waals surface area contributed by atoms with Crippen LogP contribution in [0, 0.1) is 18.3 Å². The van der Waals surface area contributed by atoms with E-state index in [2.05, 4.69) is 40.0 Å². The molecule has 1 fully saturated rings. The number of nitriles is 1. The maximum atomic E-state index is 12.2. The molecular weight excluding hydrogens is 459 g/mol. The maximum Gasteiger partial charge on any atom is 0.271 e. The number of nitrogens with one attached hydrogen (secondary N) is 1. The fourth-order valence-corrected chi connectivity index (χ4v) is 3.16. The molecule has 6 nitrogen and oxygen atoms in total. The number of benzene rings is 1. The molecule has 2 aromatic rings. The minimum Gasteiger partial charge on any atom is -0.490 e. The Morgan fingerprint density at radius 2 is 1.88 bits per heavy atom. The van der Waals surface area contributed by atoms with E-state index in [1.54, 1.807) is 30.5 Å². The summed E-state index contributed by atoms with van der Waals surface area (Å²) in [6.45, 7) is 10.8. The first-order chi connectivity index (χ1) is 15.8. The number of ether oxygens (including phenoxy) is 1. The lowest BCUT2D eigenvalue weighted by Crippen LogP contribution is -2.40. The van der Waals surface area contributed by atoms with Crippen LogP contribution in [0.2, 0.25) is 5.02 Å². The predicted molar refractivity (Wildman–Crippen MR) is 134 cm³/mol. The summed E-state index contributed by atoms with van der Waals surface area (Å²) < 4.78 is 5.96. The van der Waals surface area contributed by atoms with Gasteiger partial charge in [0.05, 0.1) is 28.6 Å². The third-order valence-electron chi connectivity index (χ3n) is 4.74. The number of aryl methyl sites for hydroxylation is 1. The minimum absolute atomic E-state index is 0.0753. The average Bonchev–Trinajstić information content (AvgIpc) is 2.82. The van der Waals surface area contributed by atoms with Crippen molar-refractivity contribution in [3.63, 3.8) is 0 Å². The zero-order valence-corrected chi connectivity index (χ0v) is 20.8. The van der Waals surface area contributed by atoms with E-state index in [0.717, 1.165) is 37.0 Å². The molecule has 1 saturated carbocycles. The molecule has 1 aromatic carbocycles. The van der Waals surface area contributed by atoms with Crippen LogP contribution in [0.15, 0.2) is 55.4 Å². The number of amides is 1. The van der Waals surface area contributed by atoms with Crippen LogP contribution in [-0.4, -0.2) is 34.4 Å². The second-order valence-corrected chi connectivity index (χ2v) is 7.82. The molecule has 0 spiro atoms. The van der Waals surface area contributed by atoms with Crippen molar-refractivity contribution in [2.24, 2.45) is 0 Å². The predicted octanol–water partition coefficient (Wildman–Crippen LogP) is 6.03. The molecular formula is C25H30Cl2N4O2. The van der Waals surface area contributed by atoms with Gasteiger partial charge in [-0.3, -0.25) is 9.78 Å². The van der Waals surface area contributed by atoms with Gasteiger partial charge in [0.2, 0.25) is 0 Å². The largest absolute Gasteiger partial charge is 0.490 e. The van der Waals surface area contributed by atoms with Crippen molar-refractivity contribution in [3.8, 4) is 11.8 Å². The molecule has 1 amide bonds. The first-order valence-corrected chi connectivity index (χ1v) is 11.6. The maximum absolute atomic E-state index is 12.2. The Morgan fingerprint density at radius 1 is 1.24 bits per heavy atom. The van der Waals surface area contributed by atoms with Gasteiger partial charge >= 0.3 is 0 Å². The monoisotopic (exact) mass is 488 g/mol. The summed E-state index contributed by atoms with van der Waals surface area (Å²) in [5.41, 5.74) is 2.57. The van der Waals surface area contributed by atoms with Crippen molar-refractivity contribution >= 4 is 29.1 Å². The summed E-state index contributed by atoms with van der Waals surface area (Å²) in [6.07, 6.45) is 9.69. The van der Waals surface area contributed by atoms with Gasteiger partial charge in [0.15, 0.2) is 0 Å². The lowest BCUT2D eigenvalue weighted by Gasteiger charge is -2.29. The Balaban J connectivity index is 0.000000689. The number of halogens is 2. The average molecular weight is 489 g/mol. The van der Waals surface area contributed by atoms with Crippen LogP contribution in [0.25, 0.3) is 0 Å². The van der Waals surface area contributed by atoms with E-state index >= 15 is 0 Å². The van der Waals surface area contributed by atoms with E-state index in [4.69, 9.17) is 21.6 Å². The number of nitrogens with zero attached hydrogens (tertiary/aromatic N) is 3. The number of allylic oxidation sites excluding steroid dienone is 2. The van der Waals surface area contributed by atoms with E-state index in [0.29, 0.717) is 22.0 Å². The first kappa shape index (κ1) is 28.2. The molecule has 1 N–H and O–H groups in total. The fraction of sp³-hybridized carbons (Fsp3) is 0.360. The summed E-state index contributed by atoms with van der Waals surface area (Å²) >= 11 is 10.7. The number of carbonyl (C=O) groups is 1. The SMILES string of the molecule is C=CC(=C)C.CCl.Cc1cnc(C(=O)NC2CCC(Oc3ccc(C#N)c(Cl)c3)CC2)cn1. The standard InChI is InChI=1S/C19H19ClN4O2.C5H8.CH3Cl/c1-12-10-23-18(11-22-12)19(25)24-14-3-6-15(7-4-14)26-16-5-2-13(9-21)17(20)8-16;1-4-5(2)3;1-2/h2,5,8,10-11,14-15H,3-4,6-7H2,1H3,(H,24,25);4H,1-2H2,3H3;1H3. The molecule has 0 atom stereocenters.